The number of nitrogens with zero attached hydrogens (tertiary/aromatic N) is 4. The van der Waals surface area contributed by atoms with Gasteiger partial charge in [0.15, 0.2) is 16.7 Å². The molecule has 168 valence electrons. The second kappa shape index (κ2) is 8.90. The third kappa shape index (κ3) is 4.21. The van der Waals surface area contributed by atoms with Gasteiger partial charge in [0.25, 0.3) is 0 Å². The molecule has 3 heterocycles. The summed E-state index contributed by atoms with van der Waals surface area (Å²) in [5, 5.41) is 9.56. The maximum absolute atomic E-state index is 13.0. The molecule has 2 aromatic heterocycles. The molecule has 1 saturated carbocycles. The van der Waals surface area contributed by atoms with E-state index in [1.165, 1.54) is 17.3 Å². The lowest BCUT2D eigenvalue weighted by molar-refractivity contribution is -0.129. The van der Waals surface area contributed by atoms with Crippen molar-refractivity contribution in [3.63, 3.8) is 0 Å². The van der Waals surface area contributed by atoms with Crippen LogP contribution >= 0.6 is 11.8 Å². The molecule has 0 radical (unpaired) electrons. The molecule has 2 aliphatic rings. The van der Waals surface area contributed by atoms with Crippen LogP contribution in [0.3, 0.4) is 0 Å². The number of furan rings is 1. The van der Waals surface area contributed by atoms with Crippen molar-refractivity contribution in [3.05, 3.63) is 53.2 Å². The van der Waals surface area contributed by atoms with E-state index in [0.717, 1.165) is 47.3 Å². The Morgan fingerprint density at radius 3 is 2.66 bits per heavy atom. The Hall–Kier alpha value is -2.94. The lowest BCUT2D eigenvalue weighted by Gasteiger charge is -2.29. The van der Waals surface area contributed by atoms with Gasteiger partial charge in [-0.15, -0.1) is 10.2 Å². The van der Waals surface area contributed by atoms with E-state index < -0.39 is 0 Å². The van der Waals surface area contributed by atoms with Gasteiger partial charge in [-0.1, -0.05) is 11.8 Å². The topological polar surface area (TPSA) is 82.6 Å². The van der Waals surface area contributed by atoms with Crippen LogP contribution in [0.4, 0.5) is 0 Å². The van der Waals surface area contributed by atoms with Crippen molar-refractivity contribution in [2.75, 3.05) is 26.5 Å². The SMILES string of the molecule is COc1cc2c(cc1OC)CN(C(=O)CSc1nnc(C3CC3)n1Cc1ccco1)CC2. The third-order valence-electron chi connectivity index (χ3n) is 5.98. The summed E-state index contributed by atoms with van der Waals surface area (Å²) in [7, 11) is 3.26. The minimum Gasteiger partial charge on any atom is -0.493 e. The molecule has 32 heavy (non-hydrogen) atoms. The fourth-order valence-electron chi connectivity index (χ4n) is 4.07. The highest BCUT2D eigenvalue weighted by Gasteiger charge is 2.31. The number of fused-ring (bicyclic) bond motifs is 1. The van der Waals surface area contributed by atoms with Crippen LogP contribution in [0.25, 0.3) is 0 Å². The zero-order valence-electron chi connectivity index (χ0n) is 18.2. The van der Waals surface area contributed by atoms with Crippen molar-refractivity contribution in [3.8, 4) is 11.5 Å². The van der Waals surface area contributed by atoms with Crippen molar-refractivity contribution in [1.29, 1.82) is 0 Å². The van der Waals surface area contributed by atoms with Crippen LogP contribution in [0.2, 0.25) is 0 Å². The van der Waals surface area contributed by atoms with Gasteiger partial charge in [-0.3, -0.25) is 9.36 Å². The predicted octanol–water partition coefficient (Wildman–Crippen LogP) is 3.49. The molecule has 8 nitrogen and oxygen atoms in total. The van der Waals surface area contributed by atoms with E-state index in [9.17, 15) is 4.79 Å². The molecule has 9 heteroatoms. The van der Waals surface area contributed by atoms with E-state index in [2.05, 4.69) is 14.8 Å². The highest BCUT2D eigenvalue weighted by atomic mass is 32.2. The van der Waals surface area contributed by atoms with Gasteiger partial charge in [0.2, 0.25) is 5.91 Å². The summed E-state index contributed by atoms with van der Waals surface area (Å²) in [4.78, 5) is 14.9. The van der Waals surface area contributed by atoms with E-state index in [1.54, 1.807) is 20.5 Å². The van der Waals surface area contributed by atoms with Gasteiger partial charge >= 0.3 is 0 Å². The third-order valence-corrected chi connectivity index (χ3v) is 6.93. The molecule has 1 aliphatic heterocycles. The molecule has 0 unspecified atom stereocenters. The fraction of sp³-hybridized carbons (Fsp3) is 0.435. The zero-order chi connectivity index (χ0) is 22.1. The maximum Gasteiger partial charge on any atom is 0.233 e. The normalized spacial score (nSPS) is 15.5. The molecule has 1 aromatic carbocycles. The van der Waals surface area contributed by atoms with Crippen LogP contribution in [0.1, 0.15) is 41.5 Å². The van der Waals surface area contributed by atoms with Crippen LogP contribution in [0.15, 0.2) is 40.1 Å². The average molecular weight is 455 g/mol. The van der Waals surface area contributed by atoms with Crippen molar-refractivity contribution in [1.82, 2.24) is 19.7 Å². The lowest BCUT2D eigenvalue weighted by Crippen LogP contribution is -2.37. The highest BCUT2D eigenvalue weighted by Crippen LogP contribution is 2.40. The Morgan fingerprint density at radius 2 is 1.97 bits per heavy atom. The molecule has 0 atom stereocenters. The number of ether oxygens (including phenoxy) is 2. The molecular formula is C23H26N4O4S. The van der Waals surface area contributed by atoms with E-state index in [4.69, 9.17) is 13.9 Å². The second-order valence-corrected chi connectivity index (χ2v) is 9.05. The van der Waals surface area contributed by atoms with Gasteiger partial charge < -0.3 is 18.8 Å². The molecule has 0 spiro atoms. The number of aromatic nitrogens is 3. The summed E-state index contributed by atoms with van der Waals surface area (Å²) >= 11 is 1.44. The van der Waals surface area contributed by atoms with Crippen molar-refractivity contribution in [2.24, 2.45) is 0 Å². The van der Waals surface area contributed by atoms with E-state index in [1.807, 2.05) is 29.2 Å². The number of rotatable bonds is 8. The number of carbonyl (C=O) groups is 1. The number of thioether (sulfide) groups is 1. The van der Waals surface area contributed by atoms with Crippen LogP contribution in [-0.2, 0) is 24.3 Å². The number of benzene rings is 1. The summed E-state index contributed by atoms with van der Waals surface area (Å²) in [5.41, 5.74) is 2.30. The first-order valence-corrected chi connectivity index (χ1v) is 11.7. The van der Waals surface area contributed by atoms with Gasteiger partial charge in [-0.25, -0.2) is 0 Å². The minimum absolute atomic E-state index is 0.0935. The molecule has 0 bridgehead atoms. The Balaban J connectivity index is 1.27. The Morgan fingerprint density at radius 1 is 1.19 bits per heavy atom. The number of hydrogen-bond acceptors (Lipinski definition) is 7. The monoisotopic (exact) mass is 454 g/mol. The van der Waals surface area contributed by atoms with Gasteiger partial charge in [-0.05, 0) is 54.7 Å². The van der Waals surface area contributed by atoms with Gasteiger partial charge in [0, 0.05) is 19.0 Å². The van der Waals surface area contributed by atoms with E-state index in [0.29, 0.717) is 37.1 Å². The smallest absolute Gasteiger partial charge is 0.233 e. The van der Waals surface area contributed by atoms with Crippen LogP contribution in [0.5, 0.6) is 11.5 Å². The van der Waals surface area contributed by atoms with Crippen molar-refractivity contribution in [2.45, 2.75) is 43.4 Å². The molecular weight excluding hydrogens is 428 g/mol. The molecule has 1 fully saturated rings. The van der Waals surface area contributed by atoms with Crippen molar-refractivity contribution >= 4 is 17.7 Å². The van der Waals surface area contributed by atoms with Crippen LogP contribution in [0, 0.1) is 0 Å². The van der Waals surface area contributed by atoms with E-state index in [-0.39, 0.29) is 5.91 Å². The summed E-state index contributed by atoms with van der Waals surface area (Å²) in [6.07, 6.45) is 4.75. The molecule has 0 saturated heterocycles. The van der Waals surface area contributed by atoms with Crippen LogP contribution in [-0.4, -0.2) is 52.1 Å². The number of carbonyl (C=O) groups excluding carboxylic acids is 1. The standard InChI is InChI=1S/C23H26N4O4S/c1-29-19-10-16-7-8-26(12-17(16)11-20(19)30-2)21(28)14-32-23-25-24-22(15-5-6-15)27(23)13-18-4-3-9-31-18/h3-4,9-11,15H,5-8,12-14H2,1-2H3. The summed E-state index contributed by atoms with van der Waals surface area (Å²) < 4.78 is 18.5. The molecule has 0 N–H and O–H groups in total. The summed E-state index contributed by atoms with van der Waals surface area (Å²) in [6, 6.07) is 7.82. The van der Waals surface area contributed by atoms with Gasteiger partial charge in [-0.2, -0.15) is 0 Å². The first-order valence-electron chi connectivity index (χ1n) is 10.8. The van der Waals surface area contributed by atoms with Crippen molar-refractivity contribution < 1.29 is 18.7 Å². The van der Waals surface area contributed by atoms with Crippen LogP contribution < -0.4 is 9.47 Å². The predicted molar refractivity (Wildman–Crippen MR) is 119 cm³/mol. The highest BCUT2D eigenvalue weighted by molar-refractivity contribution is 7.99. The molecule has 5 rings (SSSR count). The minimum atomic E-state index is 0.0935. The molecule has 1 aliphatic carbocycles. The summed E-state index contributed by atoms with van der Waals surface area (Å²) in [6.45, 7) is 1.84. The quantitative estimate of drug-likeness (QED) is 0.482. The van der Waals surface area contributed by atoms with Gasteiger partial charge in [0.05, 0.1) is 32.8 Å². The fourth-order valence-corrected chi connectivity index (χ4v) is 4.92. The van der Waals surface area contributed by atoms with Gasteiger partial charge in [0.1, 0.15) is 11.6 Å². The second-order valence-electron chi connectivity index (χ2n) is 8.11. The Bertz CT molecular complexity index is 1110. The zero-order valence-corrected chi connectivity index (χ0v) is 19.1. The number of amides is 1. The Labute approximate surface area is 190 Å². The van der Waals surface area contributed by atoms with E-state index >= 15 is 0 Å². The maximum atomic E-state index is 13.0. The lowest BCUT2D eigenvalue weighted by atomic mass is 9.99. The number of methoxy groups -OCH3 is 2. The molecule has 1 amide bonds. The summed E-state index contributed by atoms with van der Waals surface area (Å²) in [5.74, 6) is 4.14. The first-order chi connectivity index (χ1) is 15.7. The average Bonchev–Trinajstić information content (AvgIpc) is 3.39. The Kier molecular flexibility index (Phi) is 5.82. The largest absolute Gasteiger partial charge is 0.493 e. The number of hydrogen-bond donors (Lipinski definition) is 0. The molecule has 3 aromatic rings. The first kappa shape index (κ1) is 20.9.